The second-order valence-corrected chi connectivity index (χ2v) is 8.56. The highest BCUT2D eigenvalue weighted by atomic mass is 32.1. The number of hydrogen-bond donors (Lipinski definition) is 1. The highest BCUT2D eigenvalue weighted by molar-refractivity contribution is 7.22. The predicted molar refractivity (Wildman–Crippen MR) is 125 cm³/mol. The van der Waals surface area contributed by atoms with Gasteiger partial charge in [0.05, 0.1) is 21.8 Å². The van der Waals surface area contributed by atoms with Crippen LogP contribution in [0.3, 0.4) is 0 Å². The van der Waals surface area contributed by atoms with E-state index in [0.717, 1.165) is 27.9 Å². The molecule has 1 aliphatic heterocycles. The summed E-state index contributed by atoms with van der Waals surface area (Å²) in [5, 5.41) is 3.49. The molecule has 0 bridgehead atoms. The molecule has 0 saturated heterocycles. The van der Waals surface area contributed by atoms with E-state index in [0.29, 0.717) is 10.8 Å². The minimum absolute atomic E-state index is 0.115. The molecule has 0 fully saturated rings. The number of nitrogens with zero attached hydrogens (tertiary/aromatic N) is 2. The van der Waals surface area contributed by atoms with Gasteiger partial charge in [0.25, 0.3) is 0 Å². The van der Waals surface area contributed by atoms with Crippen molar-refractivity contribution in [3.63, 3.8) is 0 Å². The van der Waals surface area contributed by atoms with Crippen molar-refractivity contribution >= 4 is 49.9 Å². The van der Waals surface area contributed by atoms with Crippen molar-refractivity contribution < 1.29 is 9.59 Å². The molecule has 1 aliphatic rings. The van der Waals surface area contributed by atoms with Crippen LogP contribution < -0.4 is 10.2 Å². The monoisotopic (exact) mass is 427 g/mol. The number of carbonyl (C=O) groups excluding carboxylic acids is 2. The second-order valence-electron chi connectivity index (χ2n) is 7.55. The van der Waals surface area contributed by atoms with Crippen LogP contribution in [-0.4, -0.2) is 16.8 Å². The summed E-state index contributed by atoms with van der Waals surface area (Å²) in [6.07, 6.45) is 1.04. The maximum absolute atomic E-state index is 14.0. The van der Waals surface area contributed by atoms with E-state index in [1.807, 2.05) is 72.8 Å². The molecule has 3 aromatic carbocycles. The minimum Gasteiger partial charge on any atom is -0.326 e. The van der Waals surface area contributed by atoms with Crippen LogP contribution in [0.2, 0.25) is 0 Å². The summed E-state index contributed by atoms with van der Waals surface area (Å²) in [5.74, 6) is -0.865. The molecule has 31 heavy (non-hydrogen) atoms. The number of hydrogen-bond acceptors (Lipinski definition) is 4. The Labute approximate surface area is 184 Å². The van der Waals surface area contributed by atoms with Gasteiger partial charge in [-0.15, -0.1) is 0 Å². The third kappa shape index (κ3) is 3.59. The molecule has 0 aliphatic carbocycles. The number of aryl methyl sites for hydroxylation is 1. The van der Waals surface area contributed by atoms with E-state index in [9.17, 15) is 9.59 Å². The molecule has 0 radical (unpaired) electrons. The van der Waals surface area contributed by atoms with E-state index in [1.54, 1.807) is 4.90 Å². The molecule has 1 atom stereocenters. The number of rotatable bonds is 4. The topological polar surface area (TPSA) is 62.3 Å². The molecule has 0 saturated carbocycles. The molecule has 2 heterocycles. The van der Waals surface area contributed by atoms with E-state index in [1.165, 1.54) is 16.9 Å². The van der Waals surface area contributed by atoms with Crippen molar-refractivity contribution in [2.75, 3.05) is 10.2 Å². The number of amides is 2. The maximum Gasteiger partial charge on any atom is 0.241 e. The van der Waals surface area contributed by atoms with Crippen molar-refractivity contribution in [1.82, 2.24) is 4.98 Å². The van der Waals surface area contributed by atoms with Crippen molar-refractivity contribution in [2.24, 2.45) is 0 Å². The van der Waals surface area contributed by atoms with Crippen molar-refractivity contribution in [1.29, 1.82) is 0 Å². The smallest absolute Gasteiger partial charge is 0.241 e. The van der Waals surface area contributed by atoms with Crippen LogP contribution in [0.4, 0.5) is 16.5 Å². The Bertz CT molecular complexity index is 1250. The van der Waals surface area contributed by atoms with Crippen LogP contribution in [-0.2, 0) is 16.0 Å². The molecule has 5 nitrogen and oxygen atoms in total. The zero-order chi connectivity index (χ0) is 21.4. The predicted octanol–water partition coefficient (Wildman–Crippen LogP) is 5.65. The summed E-state index contributed by atoms with van der Waals surface area (Å²) < 4.78 is 1.02. The molecule has 2 amide bonds. The maximum atomic E-state index is 14.0. The lowest BCUT2D eigenvalue weighted by molar-refractivity contribution is -0.124. The molecule has 1 unspecified atom stereocenters. The normalized spacial score (nSPS) is 15.4. The first kappa shape index (κ1) is 19.5. The number of anilines is 3. The number of nitrogens with one attached hydrogen (secondary N) is 1. The Morgan fingerprint density at radius 2 is 1.81 bits per heavy atom. The van der Waals surface area contributed by atoms with E-state index in [2.05, 4.69) is 12.2 Å². The summed E-state index contributed by atoms with van der Waals surface area (Å²) in [7, 11) is 0. The Hall–Kier alpha value is -3.51. The van der Waals surface area contributed by atoms with Crippen LogP contribution in [0.5, 0.6) is 0 Å². The Morgan fingerprint density at radius 3 is 2.58 bits per heavy atom. The van der Waals surface area contributed by atoms with Gasteiger partial charge in [-0.2, -0.15) is 0 Å². The summed E-state index contributed by atoms with van der Waals surface area (Å²) in [6, 6.07) is 23.3. The third-order valence-corrected chi connectivity index (χ3v) is 6.62. The first-order valence-corrected chi connectivity index (χ1v) is 11.1. The van der Waals surface area contributed by atoms with E-state index in [-0.39, 0.29) is 18.2 Å². The molecular weight excluding hydrogens is 406 g/mol. The SMILES string of the molecule is CCc1ccc(N(C(=O)C2CC(=O)Nc3ccccc32)c2nc3ccccc3s2)cc1. The minimum atomic E-state index is -0.567. The van der Waals surface area contributed by atoms with Crippen molar-refractivity contribution in [3.8, 4) is 0 Å². The van der Waals surface area contributed by atoms with Crippen LogP contribution >= 0.6 is 11.3 Å². The van der Waals surface area contributed by atoms with Gasteiger partial charge < -0.3 is 5.32 Å². The van der Waals surface area contributed by atoms with Crippen LogP contribution in [0.25, 0.3) is 10.2 Å². The number of para-hydroxylation sites is 2. The van der Waals surface area contributed by atoms with E-state index in [4.69, 9.17) is 4.98 Å². The lowest BCUT2D eigenvalue weighted by atomic mass is 9.89. The van der Waals surface area contributed by atoms with Gasteiger partial charge in [-0.1, -0.05) is 60.7 Å². The summed E-state index contributed by atoms with van der Waals surface area (Å²) >= 11 is 1.48. The molecule has 1 aromatic heterocycles. The Kier molecular flexibility index (Phi) is 5.00. The number of thiazole rings is 1. The summed E-state index contributed by atoms with van der Waals surface area (Å²) in [5.41, 5.74) is 4.34. The average Bonchev–Trinajstić information content (AvgIpc) is 3.22. The zero-order valence-electron chi connectivity index (χ0n) is 17.0. The fourth-order valence-electron chi connectivity index (χ4n) is 3.96. The molecule has 1 N–H and O–H groups in total. The summed E-state index contributed by atoms with van der Waals surface area (Å²) in [4.78, 5) is 32.7. The van der Waals surface area contributed by atoms with Gasteiger partial charge in [0.2, 0.25) is 11.8 Å². The second kappa shape index (κ2) is 7.96. The third-order valence-electron chi connectivity index (χ3n) is 5.59. The first-order chi connectivity index (χ1) is 15.1. The van der Waals surface area contributed by atoms with Gasteiger partial charge in [0.15, 0.2) is 5.13 Å². The van der Waals surface area contributed by atoms with Gasteiger partial charge in [-0.05, 0) is 47.9 Å². The van der Waals surface area contributed by atoms with Gasteiger partial charge >= 0.3 is 0 Å². The molecule has 4 aromatic rings. The Morgan fingerprint density at radius 1 is 1.06 bits per heavy atom. The first-order valence-electron chi connectivity index (χ1n) is 10.3. The van der Waals surface area contributed by atoms with Gasteiger partial charge in [-0.25, -0.2) is 4.98 Å². The molecule has 5 rings (SSSR count). The van der Waals surface area contributed by atoms with E-state index >= 15 is 0 Å². The van der Waals surface area contributed by atoms with Gasteiger partial charge in [0, 0.05) is 12.1 Å². The van der Waals surface area contributed by atoms with Crippen molar-refractivity contribution in [3.05, 3.63) is 83.9 Å². The van der Waals surface area contributed by atoms with Crippen LogP contribution in [0.1, 0.15) is 30.4 Å². The average molecular weight is 428 g/mol. The lowest BCUT2D eigenvalue weighted by Crippen LogP contribution is -2.36. The van der Waals surface area contributed by atoms with Gasteiger partial charge in [-0.3, -0.25) is 14.5 Å². The standard InChI is InChI=1S/C25H21N3O2S/c1-2-16-11-13-17(14-12-16)28(25-27-21-9-5-6-10-22(21)31-25)24(30)19-15-23(29)26-20-8-4-3-7-18(19)20/h3-14,19H,2,15H2,1H3,(H,26,29). The highest BCUT2D eigenvalue weighted by Gasteiger charge is 2.35. The van der Waals surface area contributed by atoms with Crippen LogP contribution in [0, 0.1) is 0 Å². The number of carbonyl (C=O) groups is 2. The molecular formula is C25H21N3O2S. The van der Waals surface area contributed by atoms with E-state index < -0.39 is 5.92 Å². The number of aromatic nitrogens is 1. The molecule has 0 spiro atoms. The molecule has 154 valence electrons. The van der Waals surface area contributed by atoms with Gasteiger partial charge in [0.1, 0.15) is 0 Å². The lowest BCUT2D eigenvalue weighted by Gasteiger charge is -2.29. The zero-order valence-corrected chi connectivity index (χ0v) is 17.9. The molecule has 6 heteroatoms. The fraction of sp³-hybridized carbons (Fsp3) is 0.160. The number of fused-ring (bicyclic) bond motifs is 2. The van der Waals surface area contributed by atoms with Crippen molar-refractivity contribution in [2.45, 2.75) is 25.7 Å². The quantitative estimate of drug-likeness (QED) is 0.458. The number of benzene rings is 3. The largest absolute Gasteiger partial charge is 0.326 e. The highest BCUT2D eigenvalue weighted by Crippen LogP contribution is 2.39. The summed E-state index contributed by atoms with van der Waals surface area (Å²) in [6.45, 7) is 2.10. The van der Waals surface area contributed by atoms with Crippen LogP contribution in [0.15, 0.2) is 72.8 Å². The Balaban J connectivity index is 1.63. The fourth-order valence-corrected chi connectivity index (χ4v) is 4.95.